The molecule has 7 nitrogen and oxygen atoms in total. The van der Waals surface area contributed by atoms with Gasteiger partial charge >= 0.3 is 11.9 Å². The molecule has 0 spiro atoms. The fourth-order valence-corrected chi connectivity index (χ4v) is 2.92. The van der Waals surface area contributed by atoms with Gasteiger partial charge in [0.25, 0.3) is 0 Å². The highest BCUT2D eigenvalue weighted by Gasteiger charge is 2.17. The molecule has 1 aliphatic rings. The van der Waals surface area contributed by atoms with Crippen molar-refractivity contribution in [1.29, 1.82) is 0 Å². The highest BCUT2D eigenvalue weighted by molar-refractivity contribution is 6.27. The monoisotopic (exact) mass is 371 g/mol. The molecule has 0 bridgehead atoms. The normalized spacial score (nSPS) is 14.9. The topological polar surface area (TPSA) is 94.0 Å². The molecule has 144 valence electrons. The molecule has 0 aliphatic carbocycles. The molecular formula is C20H25N3O4. The van der Waals surface area contributed by atoms with E-state index in [1.807, 2.05) is 12.4 Å². The van der Waals surface area contributed by atoms with Crippen LogP contribution in [0.25, 0.3) is 0 Å². The first-order chi connectivity index (χ1) is 12.9. The average molecular weight is 371 g/mol. The van der Waals surface area contributed by atoms with Crippen LogP contribution in [0.2, 0.25) is 0 Å². The molecule has 0 saturated carbocycles. The molecule has 0 amide bonds. The number of benzene rings is 1. The van der Waals surface area contributed by atoms with Gasteiger partial charge in [0, 0.05) is 51.7 Å². The van der Waals surface area contributed by atoms with E-state index >= 15 is 0 Å². The quantitative estimate of drug-likeness (QED) is 0.792. The average Bonchev–Trinajstić information content (AvgIpc) is 2.65. The van der Waals surface area contributed by atoms with E-state index in [0.717, 1.165) is 39.3 Å². The van der Waals surface area contributed by atoms with E-state index in [-0.39, 0.29) is 0 Å². The van der Waals surface area contributed by atoms with Gasteiger partial charge in [0.05, 0.1) is 0 Å². The van der Waals surface area contributed by atoms with E-state index in [4.69, 9.17) is 19.8 Å². The highest BCUT2D eigenvalue weighted by atomic mass is 16.4. The summed E-state index contributed by atoms with van der Waals surface area (Å²) in [5.41, 5.74) is 4.14. The number of rotatable bonds is 4. The van der Waals surface area contributed by atoms with Gasteiger partial charge in [-0.15, -0.1) is 0 Å². The maximum absolute atomic E-state index is 9.10. The first-order valence-corrected chi connectivity index (χ1v) is 8.79. The number of nitrogens with zero attached hydrogens (tertiary/aromatic N) is 3. The maximum atomic E-state index is 9.10. The lowest BCUT2D eigenvalue weighted by atomic mass is 10.1. The van der Waals surface area contributed by atoms with Crippen molar-refractivity contribution in [1.82, 2.24) is 14.8 Å². The fraction of sp³-hybridized carbons (Fsp3) is 0.350. The SMILES string of the molecule is Cc1cccc(CN2CCN(Cc3ccncc3)CC2)c1.O=C(O)C(=O)O. The summed E-state index contributed by atoms with van der Waals surface area (Å²) in [6, 6.07) is 13.1. The van der Waals surface area contributed by atoms with Crippen molar-refractivity contribution < 1.29 is 19.8 Å². The Morgan fingerprint density at radius 1 is 0.889 bits per heavy atom. The first-order valence-electron chi connectivity index (χ1n) is 8.79. The predicted octanol–water partition coefficient (Wildman–Crippen LogP) is 1.86. The van der Waals surface area contributed by atoms with Crippen molar-refractivity contribution in [2.24, 2.45) is 0 Å². The zero-order valence-corrected chi connectivity index (χ0v) is 15.4. The predicted molar refractivity (Wildman–Crippen MR) is 101 cm³/mol. The van der Waals surface area contributed by atoms with Crippen molar-refractivity contribution in [3.05, 3.63) is 65.5 Å². The smallest absolute Gasteiger partial charge is 0.414 e. The largest absolute Gasteiger partial charge is 0.473 e. The number of pyridine rings is 1. The second-order valence-electron chi connectivity index (χ2n) is 6.51. The molecule has 7 heteroatoms. The van der Waals surface area contributed by atoms with Crippen molar-refractivity contribution in [2.75, 3.05) is 26.2 Å². The number of hydrogen-bond acceptors (Lipinski definition) is 5. The molecule has 1 fully saturated rings. The van der Waals surface area contributed by atoms with E-state index in [2.05, 4.69) is 58.1 Å². The number of carbonyl (C=O) groups is 2. The molecule has 1 aliphatic heterocycles. The van der Waals surface area contributed by atoms with E-state index in [9.17, 15) is 0 Å². The van der Waals surface area contributed by atoms with Crippen molar-refractivity contribution >= 4 is 11.9 Å². The number of piperazine rings is 1. The molecule has 0 unspecified atom stereocenters. The first kappa shape index (κ1) is 20.5. The van der Waals surface area contributed by atoms with Crippen LogP contribution in [0.4, 0.5) is 0 Å². The van der Waals surface area contributed by atoms with Gasteiger partial charge in [-0.1, -0.05) is 29.8 Å². The van der Waals surface area contributed by atoms with Crippen molar-refractivity contribution in [2.45, 2.75) is 20.0 Å². The zero-order valence-electron chi connectivity index (χ0n) is 15.4. The third kappa shape index (κ3) is 7.55. The van der Waals surface area contributed by atoms with Gasteiger partial charge in [-0.25, -0.2) is 9.59 Å². The Balaban J connectivity index is 0.000000380. The van der Waals surface area contributed by atoms with E-state index < -0.39 is 11.9 Å². The van der Waals surface area contributed by atoms with Gasteiger partial charge in [-0.05, 0) is 30.2 Å². The number of aromatic nitrogens is 1. The lowest BCUT2D eigenvalue weighted by molar-refractivity contribution is -0.159. The van der Waals surface area contributed by atoms with Gasteiger partial charge in [0.1, 0.15) is 0 Å². The Labute approximate surface area is 158 Å². The van der Waals surface area contributed by atoms with E-state index in [1.165, 1.54) is 16.7 Å². The van der Waals surface area contributed by atoms with Gasteiger partial charge in [-0.2, -0.15) is 0 Å². The Kier molecular flexibility index (Phi) is 7.91. The molecule has 3 rings (SSSR count). The molecule has 0 atom stereocenters. The fourth-order valence-electron chi connectivity index (χ4n) is 2.92. The van der Waals surface area contributed by atoms with Gasteiger partial charge in [0.15, 0.2) is 0 Å². The number of carboxylic acid groups (broad SMARTS) is 2. The van der Waals surface area contributed by atoms with Crippen LogP contribution in [0.1, 0.15) is 16.7 Å². The third-order valence-corrected chi connectivity index (χ3v) is 4.29. The summed E-state index contributed by atoms with van der Waals surface area (Å²) in [5.74, 6) is -3.65. The van der Waals surface area contributed by atoms with Gasteiger partial charge < -0.3 is 10.2 Å². The number of aryl methyl sites for hydroxylation is 1. The van der Waals surface area contributed by atoms with Crippen molar-refractivity contribution in [3.63, 3.8) is 0 Å². The van der Waals surface area contributed by atoms with Crippen LogP contribution >= 0.6 is 0 Å². The van der Waals surface area contributed by atoms with Crippen LogP contribution in [0, 0.1) is 6.92 Å². The van der Waals surface area contributed by atoms with Crippen LogP contribution in [-0.4, -0.2) is 63.1 Å². The second-order valence-corrected chi connectivity index (χ2v) is 6.51. The minimum Gasteiger partial charge on any atom is -0.473 e. The van der Waals surface area contributed by atoms with Crippen LogP contribution in [0.3, 0.4) is 0 Å². The highest BCUT2D eigenvalue weighted by Crippen LogP contribution is 2.12. The number of aliphatic carboxylic acids is 2. The van der Waals surface area contributed by atoms with E-state index in [0.29, 0.717) is 0 Å². The molecule has 2 heterocycles. The molecular weight excluding hydrogens is 346 g/mol. The summed E-state index contributed by atoms with van der Waals surface area (Å²) in [4.78, 5) is 27.4. The summed E-state index contributed by atoms with van der Waals surface area (Å²) in [6.07, 6.45) is 3.76. The Hall–Kier alpha value is -2.77. The van der Waals surface area contributed by atoms with E-state index in [1.54, 1.807) is 0 Å². The third-order valence-electron chi connectivity index (χ3n) is 4.29. The van der Waals surface area contributed by atoms with Crippen molar-refractivity contribution in [3.8, 4) is 0 Å². The van der Waals surface area contributed by atoms with Gasteiger partial charge in [0.2, 0.25) is 0 Å². The lowest BCUT2D eigenvalue weighted by Crippen LogP contribution is -2.45. The molecule has 2 N–H and O–H groups in total. The minimum atomic E-state index is -1.82. The second kappa shape index (κ2) is 10.4. The standard InChI is InChI=1S/C18H23N3.C2H2O4/c1-16-3-2-4-18(13-16)15-21-11-9-20(10-12-21)14-17-5-7-19-8-6-17;3-1(4)2(5)6/h2-8,13H,9-12,14-15H2,1H3;(H,3,4)(H,5,6). The molecule has 0 radical (unpaired) electrons. The zero-order chi connectivity index (χ0) is 19.6. The van der Waals surface area contributed by atoms with Crippen LogP contribution in [-0.2, 0) is 22.7 Å². The summed E-state index contributed by atoms with van der Waals surface area (Å²) < 4.78 is 0. The molecule has 27 heavy (non-hydrogen) atoms. The lowest BCUT2D eigenvalue weighted by Gasteiger charge is -2.34. The van der Waals surface area contributed by atoms with Crippen LogP contribution in [0.5, 0.6) is 0 Å². The maximum Gasteiger partial charge on any atom is 0.414 e. The van der Waals surface area contributed by atoms with Crippen LogP contribution in [0.15, 0.2) is 48.8 Å². The molecule has 1 saturated heterocycles. The number of carboxylic acids is 2. The Bertz CT molecular complexity index is 732. The summed E-state index contributed by atoms with van der Waals surface area (Å²) in [5, 5.41) is 14.8. The Morgan fingerprint density at radius 2 is 1.41 bits per heavy atom. The van der Waals surface area contributed by atoms with Crippen LogP contribution < -0.4 is 0 Å². The number of hydrogen-bond donors (Lipinski definition) is 2. The summed E-state index contributed by atoms with van der Waals surface area (Å²) in [6.45, 7) is 8.88. The molecule has 1 aromatic heterocycles. The van der Waals surface area contributed by atoms with Gasteiger partial charge in [-0.3, -0.25) is 14.8 Å². The summed E-state index contributed by atoms with van der Waals surface area (Å²) >= 11 is 0. The molecule has 1 aromatic carbocycles. The summed E-state index contributed by atoms with van der Waals surface area (Å²) in [7, 11) is 0. The Morgan fingerprint density at radius 3 is 1.89 bits per heavy atom. The minimum absolute atomic E-state index is 1.04. The molecule has 2 aromatic rings.